The van der Waals surface area contributed by atoms with Crippen molar-refractivity contribution in [3.63, 3.8) is 0 Å². The number of anilines is 2. The number of halogens is 3. The molecule has 11 heteroatoms. The third-order valence-corrected chi connectivity index (χ3v) is 7.72. The molecule has 2 bridgehead atoms. The Balaban J connectivity index is 1.31. The van der Waals surface area contributed by atoms with Gasteiger partial charge in [-0.3, -0.25) is 4.90 Å². The van der Waals surface area contributed by atoms with E-state index in [4.69, 9.17) is 15.7 Å². The van der Waals surface area contributed by atoms with Gasteiger partial charge in [0, 0.05) is 49.9 Å². The Morgan fingerprint density at radius 1 is 1.11 bits per heavy atom. The fourth-order valence-electron chi connectivity index (χ4n) is 6.21. The minimum atomic E-state index is -4.87. The molecule has 0 aromatic carbocycles. The number of aromatic nitrogens is 3. The van der Waals surface area contributed by atoms with E-state index >= 15 is 0 Å². The standard InChI is InChI=1S/C24H29F3N6O2/c1-23(2,34)11-32-9-15-16(10-32)20(15)18-6-17(30-22(31-18)33-8-12-3-14(33)4-12)13-5-19(21(28)29-7-13)35-24(25,26)27/h5-7,12,14-16,20,34H,3-4,8-11H2,1-2H3,(H2,28,29)/t12?,14?,15-,16+,20+. The first kappa shape index (κ1) is 22.8. The van der Waals surface area contributed by atoms with E-state index in [0.717, 1.165) is 38.2 Å². The third-order valence-electron chi connectivity index (χ3n) is 7.72. The van der Waals surface area contributed by atoms with Crippen LogP contribution >= 0.6 is 0 Å². The van der Waals surface area contributed by atoms with Gasteiger partial charge in [-0.05, 0) is 56.6 Å². The van der Waals surface area contributed by atoms with E-state index in [0.29, 0.717) is 47.5 Å². The number of fused-ring (bicyclic) bond motifs is 2. The summed E-state index contributed by atoms with van der Waals surface area (Å²) in [5, 5.41) is 10.2. The lowest BCUT2D eigenvalue weighted by Gasteiger charge is -2.27. The molecule has 3 atom stereocenters. The molecule has 188 valence electrons. The number of ether oxygens (including phenoxy) is 1. The number of aliphatic hydroxyl groups is 1. The van der Waals surface area contributed by atoms with Crippen molar-refractivity contribution >= 4 is 11.8 Å². The minimum Gasteiger partial charge on any atom is -0.402 e. The quantitative estimate of drug-likeness (QED) is 0.638. The molecular formula is C24H29F3N6O2. The van der Waals surface area contributed by atoms with Crippen LogP contribution in [0.2, 0.25) is 0 Å². The average Bonchev–Trinajstić information content (AvgIpc) is 3.10. The number of likely N-dealkylation sites (tertiary alicyclic amines) is 1. The molecular weight excluding hydrogens is 461 g/mol. The van der Waals surface area contributed by atoms with E-state index in [1.807, 2.05) is 19.9 Å². The molecule has 0 unspecified atom stereocenters. The second kappa shape index (κ2) is 7.67. The molecule has 0 radical (unpaired) electrons. The molecule has 3 aliphatic heterocycles. The van der Waals surface area contributed by atoms with Crippen LogP contribution in [-0.4, -0.2) is 69.1 Å². The van der Waals surface area contributed by atoms with Crippen LogP contribution in [-0.2, 0) is 0 Å². The van der Waals surface area contributed by atoms with Crippen molar-refractivity contribution in [3.05, 3.63) is 24.0 Å². The summed E-state index contributed by atoms with van der Waals surface area (Å²) in [7, 11) is 0. The van der Waals surface area contributed by atoms with E-state index in [1.54, 1.807) is 0 Å². The van der Waals surface area contributed by atoms with Crippen LogP contribution in [0.4, 0.5) is 24.9 Å². The van der Waals surface area contributed by atoms with Gasteiger partial charge in [0.1, 0.15) is 0 Å². The monoisotopic (exact) mass is 490 g/mol. The van der Waals surface area contributed by atoms with Gasteiger partial charge in [-0.1, -0.05) is 0 Å². The van der Waals surface area contributed by atoms with Crippen LogP contribution in [0.25, 0.3) is 11.3 Å². The number of piperidine rings is 1. The molecule has 3 N–H and O–H groups in total. The lowest BCUT2D eigenvalue weighted by atomic mass is 9.86. The maximum atomic E-state index is 12.9. The number of β-amino-alcohol motifs (C(OH)–C–C–N with tert-alkyl or cyclic N) is 1. The second-order valence-electron chi connectivity index (χ2n) is 11.1. The van der Waals surface area contributed by atoms with Gasteiger partial charge in [0.05, 0.1) is 17.0 Å². The lowest BCUT2D eigenvalue weighted by Crippen LogP contribution is -2.38. The molecule has 35 heavy (non-hydrogen) atoms. The zero-order chi connectivity index (χ0) is 24.7. The van der Waals surface area contributed by atoms with Gasteiger partial charge in [-0.15, -0.1) is 13.2 Å². The smallest absolute Gasteiger partial charge is 0.402 e. The molecule has 2 saturated carbocycles. The van der Waals surface area contributed by atoms with Crippen LogP contribution < -0.4 is 15.4 Å². The number of nitrogens with zero attached hydrogens (tertiary/aromatic N) is 5. The van der Waals surface area contributed by atoms with Crippen molar-refractivity contribution in [1.29, 1.82) is 0 Å². The summed E-state index contributed by atoms with van der Waals surface area (Å²) in [6.45, 7) is 6.96. The molecule has 0 amide bonds. The highest BCUT2D eigenvalue weighted by atomic mass is 19.4. The number of nitrogens with two attached hydrogens (primary N) is 1. The highest BCUT2D eigenvalue weighted by Gasteiger charge is 2.57. The predicted molar refractivity (Wildman–Crippen MR) is 123 cm³/mol. The first-order valence-electron chi connectivity index (χ1n) is 12.1. The highest BCUT2D eigenvalue weighted by Crippen LogP contribution is 2.58. The fraction of sp³-hybridized carbons (Fsp3) is 0.625. The van der Waals surface area contributed by atoms with Crippen molar-refractivity contribution in [1.82, 2.24) is 19.9 Å². The highest BCUT2D eigenvalue weighted by molar-refractivity contribution is 5.66. The van der Waals surface area contributed by atoms with Gasteiger partial charge in [0.2, 0.25) is 5.95 Å². The van der Waals surface area contributed by atoms with Gasteiger partial charge >= 0.3 is 6.36 Å². The van der Waals surface area contributed by atoms with Crippen LogP contribution in [0.1, 0.15) is 38.3 Å². The van der Waals surface area contributed by atoms with Crippen LogP contribution in [0.3, 0.4) is 0 Å². The number of hydrogen-bond donors (Lipinski definition) is 2. The van der Waals surface area contributed by atoms with E-state index < -0.39 is 17.7 Å². The summed E-state index contributed by atoms with van der Waals surface area (Å²) < 4.78 is 42.7. The maximum absolute atomic E-state index is 12.9. The summed E-state index contributed by atoms with van der Waals surface area (Å²) in [5.41, 5.74) is 6.74. The van der Waals surface area contributed by atoms with Crippen LogP contribution in [0, 0.1) is 17.8 Å². The summed E-state index contributed by atoms with van der Waals surface area (Å²) in [5.74, 6) is 1.61. The Bertz CT molecular complexity index is 1140. The van der Waals surface area contributed by atoms with Crippen molar-refractivity contribution < 1.29 is 23.0 Å². The molecule has 3 saturated heterocycles. The van der Waals surface area contributed by atoms with Crippen molar-refractivity contribution in [3.8, 4) is 17.0 Å². The number of alkyl halides is 3. The number of pyridine rings is 1. The zero-order valence-corrected chi connectivity index (χ0v) is 19.7. The predicted octanol–water partition coefficient (Wildman–Crippen LogP) is 3.03. The van der Waals surface area contributed by atoms with Crippen LogP contribution in [0.15, 0.2) is 18.3 Å². The Labute approximate surface area is 201 Å². The Morgan fingerprint density at radius 3 is 2.43 bits per heavy atom. The largest absolute Gasteiger partial charge is 0.573 e. The lowest BCUT2D eigenvalue weighted by molar-refractivity contribution is -0.274. The molecule has 2 aliphatic carbocycles. The molecule has 5 aliphatic rings. The average molecular weight is 491 g/mol. The molecule has 7 rings (SSSR count). The SMILES string of the molecule is CC(C)(O)CN1C[C@@H]2[C@H](C1)[C@H]2c1cc(-c2cnc(N)c(OC(F)(F)F)c2)nc(N2CC3CC2C3)n1. The fourth-order valence-corrected chi connectivity index (χ4v) is 6.21. The Morgan fingerprint density at radius 2 is 1.83 bits per heavy atom. The maximum Gasteiger partial charge on any atom is 0.573 e. The molecule has 5 heterocycles. The van der Waals surface area contributed by atoms with Gasteiger partial charge in [-0.25, -0.2) is 15.0 Å². The van der Waals surface area contributed by atoms with E-state index in [-0.39, 0.29) is 11.7 Å². The topological polar surface area (TPSA) is 101 Å². The molecule has 2 aromatic rings. The molecule has 0 spiro atoms. The van der Waals surface area contributed by atoms with E-state index in [9.17, 15) is 18.3 Å². The van der Waals surface area contributed by atoms with Crippen LogP contribution in [0.5, 0.6) is 5.75 Å². The zero-order valence-electron chi connectivity index (χ0n) is 19.7. The minimum absolute atomic E-state index is 0.277. The second-order valence-corrected chi connectivity index (χ2v) is 11.1. The van der Waals surface area contributed by atoms with Gasteiger partial charge in [-0.2, -0.15) is 0 Å². The number of rotatable bonds is 6. The normalized spacial score (nSPS) is 29.8. The summed E-state index contributed by atoms with van der Waals surface area (Å²) in [6, 6.07) is 3.55. The van der Waals surface area contributed by atoms with Gasteiger partial charge in [0.15, 0.2) is 11.6 Å². The third kappa shape index (κ3) is 4.40. The first-order valence-corrected chi connectivity index (χ1v) is 12.1. The Kier molecular flexibility index (Phi) is 4.99. The van der Waals surface area contributed by atoms with Crippen molar-refractivity contribution in [2.75, 3.05) is 36.8 Å². The summed E-state index contributed by atoms with van der Waals surface area (Å²) in [4.78, 5) is 18.1. The van der Waals surface area contributed by atoms with Gasteiger partial charge in [0.25, 0.3) is 0 Å². The molecule has 2 aromatic heterocycles. The number of nitrogen functional groups attached to an aromatic ring is 1. The van der Waals surface area contributed by atoms with E-state index in [1.165, 1.54) is 12.3 Å². The first-order chi connectivity index (χ1) is 16.4. The molecule has 5 fully saturated rings. The van der Waals surface area contributed by atoms with Crippen molar-refractivity contribution in [2.45, 2.75) is 50.6 Å². The number of hydrogen-bond acceptors (Lipinski definition) is 8. The molecule has 8 nitrogen and oxygen atoms in total. The van der Waals surface area contributed by atoms with E-state index in [2.05, 4.69) is 19.5 Å². The summed E-state index contributed by atoms with van der Waals surface area (Å²) in [6.07, 6.45) is -1.17. The van der Waals surface area contributed by atoms with Crippen molar-refractivity contribution in [2.24, 2.45) is 17.8 Å². The summed E-state index contributed by atoms with van der Waals surface area (Å²) >= 11 is 0. The van der Waals surface area contributed by atoms with Gasteiger partial charge < -0.3 is 20.5 Å². The Hall–Kier alpha value is -2.66.